The Morgan fingerprint density at radius 3 is 2.92 bits per heavy atom. The minimum Gasteiger partial charge on any atom is -0.459 e. The highest BCUT2D eigenvalue weighted by molar-refractivity contribution is 7.99. The van der Waals surface area contributed by atoms with Gasteiger partial charge in [-0.1, -0.05) is 6.07 Å². The van der Waals surface area contributed by atoms with Crippen LogP contribution in [0.4, 0.5) is 0 Å². The van der Waals surface area contributed by atoms with Crippen molar-refractivity contribution in [1.29, 1.82) is 0 Å². The number of hydrogen-bond acceptors (Lipinski definition) is 6. The molecule has 0 unspecified atom stereocenters. The van der Waals surface area contributed by atoms with Crippen molar-refractivity contribution in [2.75, 3.05) is 12.3 Å². The topological polar surface area (TPSA) is 80.9 Å². The maximum Gasteiger partial charge on any atom is 0.287 e. The zero-order valence-electron chi connectivity index (χ0n) is 13.1. The summed E-state index contributed by atoms with van der Waals surface area (Å²) in [5.41, 5.74) is 1.63. The Balaban J connectivity index is 1.57. The molecule has 6 nitrogen and oxygen atoms in total. The fourth-order valence-corrected chi connectivity index (χ4v) is 2.86. The molecule has 0 saturated carbocycles. The molecule has 3 aromatic rings. The largest absolute Gasteiger partial charge is 0.459 e. The van der Waals surface area contributed by atoms with Crippen molar-refractivity contribution < 1.29 is 9.21 Å². The summed E-state index contributed by atoms with van der Waals surface area (Å²) in [7, 11) is 0. The van der Waals surface area contributed by atoms with Crippen LogP contribution in [0.3, 0.4) is 0 Å². The van der Waals surface area contributed by atoms with Crippen molar-refractivity contribution in [3.05, 3.63) is 60.3 Å². The van der Waals surface area contributed by atoms with E-state index in [2.05, 4.69) is 20.3 Å². The van der Waals surface area contributed by atoms with E-state index in [1.165, 1.54) is 6.26 Å². The molecule has 3 aromatic heterocycles. The number of rotatable bonds is 6. The smallest absolute Gasteiger partial charge is 0.287 e. The molecule has 3 rings (SSSR count). The molecular formula is C17H16N4O2S. The highest BCUT2D eigenvalue weighted by Crippen LogP contribution is 2.19. The number of pyridine rings is 1. The van der Waals surface area contributed by atoms with Crippen molar-refractivity contribution in [2.45, 2.75) is 11.9 Å². The monoisotopic (exact) mass is 340 g/mol. The first-order valence-corrected chi connectivity index (χ1v) is 8.42. The molecule has 7 heteroatoms. The lowest BCUT2D eigenvalue weighted by atomic mass is 10.3. The third-order valence-electron chi connectivity index (χ3n) is 3.11. The van der Waals surface area contributed by atoms with Crippen molar-refractivity contribution in [3.8, 4) is 11.5 Å². The van der Waals surface area contributed by atoms with Crippen molar-refractivity contribution in [3.63, 3.8) is 0 Å². The Hall–Kier alpha value is -2.67. The van der Waals surface area contributed by atoms with Crippen LogP contribution in [0, 0.1) is 6.92 Å². The number of nitrogens with zero attached hydrogens (tertiary/aromatic N) is 3. The molecule has 0 aliphatic heterocycles. The normalized spacial score (nSPS) is 10.5. The molecule has 3 heterocycles. The molecule has 24 heavy (non-hydrogen) atoms. The predicted octanol–water partition coefficient (Wildman–Crippen LogP) is 2.96. The summed E-state index contributed by atoms with van der Waals surface area (Å²) in [5, 5.41) is 3.66. The maximum atomic E-state index is 11.8. The molecule has 0 bridgehead atoms. The van der Waals surface area contributed by atoms with Crippen LogP contribution in [0.2, 0.25) is 0 Å². The van der Waals surface area contributed by atoms with E-state index in [-0.39, 0.29) is 5.91 Å². The number of carbonyl (C=O) groups is 1. The van der Waals surface area contributed by atoms with Gasteiger partial charge < -0.3 is 9.73 Å². The molecule has 0 aliphatic carbocycles. The molecule has 122 valence electrons. The average Bonchev–Trinajstić information content (AvgIpc) is 3.14. The average molecular weight is 340 g/mol. The third kappa shape index (κ3) is 4.20. The lowest BCUT2D eigenvalue weighted by molar-refractivity contribution is 0.0928. The highest BCUT2D eigenvalue weighted by atomic mass is 32.2. The number of aryl methyl sites for hydroxylation is 1. The summed E-state index contributed by atoms with van der Waals surface area (Å²) in [4.78, 5) is 25.0. The number of amides is 1. The standard InChI is InChI=1S/C17H16N4O2S/c1-12-11-15(21-16(20-12)13-5-2-3-7-18-13)24-10-8-19-17(22)14-6-4-9-23-14/h2-7,9,11H,8,10H2,1H3,(H,19,22). The number of thioether (sulfide) groups is 1. The van der Waals surface area contributed by atoms with E-state index < -0.39 is 0 Å². The Morgan fingerprint density at radius 2 is 2.17 bits per heavy atom. The summed E-state index contributed by atoms with van der Waals surface area (Å²) in [6.07, 6.45) is 3.20. The second-order valence-corrected chi connectivity index (χ2v) is 6.08. The first kappa shape index (κ1) is 16.2. The van der Waals surface area contributed by atoms with Crippen molar-refractivity contribution in [1.82, 2.24) is 20.3 Å². The van der Waals surface area contributed by atoms with Crippen molar-refractivity contribution in [2.24, 2.45) is 0 Å². The number of nitrogens with one attached hydrogen (secondary N) is 1. The minimum atomic E-state index is -0.214. The number of furan rings is 1. The second kappa shape index (κ2) is 7.74. The van der Waals surface area contributed by atoms with Gasteiger partial charge in [-0.2, -0.15) is 0 Å². The van der Waals surface area contributed by atoms with Crippen LogP contribution >= 0.6 is 11.8 Å². The minimum absolute atomic E-state index is 0.214. The van der Waals surface area contributed by atoms with Gasteiger partial charge in [0.2, 0.25) is 0 Å². The van der Waals surface area contributed by atoms with Gasteiger partial charge in [0.05, 0.1) is 6.26 Å². The molecular weight excluding hydrogens is 324 g/mol. The summed E-state index contributed by atoms with van der Waals surface area (Å²) in [6.45, 7) is 2.45. The molecule has 0 aromatic carbocycles. The Labute approximate surface area is 143 Å². The quantitative estimate of drug-likeness (QED) is 0.422. The first-order valence-electron chi connectivity index (χ1n) is 7.44. The van der Waals surface area contributed by atoms with E-state index in [0.717, 1.165) is 16.4 Å². The van der Waals surface area contributed by atoms with Gasteiger partial charge in [0.15, 0.2) is 11.6 Å². The van der Waals surface area contributed by atoms with Crippen LogP contribution in [0.1, 0.15) is 16.2 Å². The molecule has 0 atom stereocenters. The number of hydrogen-bond donors (Lipinski definition) is 1. The summed E-state index contributed by atoms with van der Waals surface area (Å²) >= 11 is 1.56. The van der Waals surface area contributed by atoms with Gasteiger partial charge in [0.1, 0.15) is 10.7 Å². The van der Waals surface area contributed by atoms with E-state index in [1.807, 2.05) is 31.2 Å². The zero-order valence-corrected chi connectivity index (χ0v) is 13.9. The molecule has 0 saturated heterocycles. The van der Waals surface area contributed by atoms with Gasteiger partial charge in [0.25, 0.3) is 5.91 Å². The van der Waals surface area contributed by atoms with Gasteiger partial charge in [0, 0.05) is 24.2 Å². The van der Waals surface area contributed by atoms with Crippen LogP contribution < -0.4 is 5.32 Å². The molecule has 0 fully saturated rings. The van der Waals surface area contributed by atoms with Gasteiger partial charge in [-0.3, -0.25) is 9.78 Å². The summed E-state index contributed by atoms with van der Waals surface area (Å²) in [6, 6.07) is 10.9. The van der Waals surface area contributed by atoms with Crippen LogP contribution in [0.15, 0.2) is 58.3 Å². The molecule has 1 N–H and O–H groups in total. The summed E-state index contributed by atoms with van der Waals surface area (Å²) in [5.74, 6) is 1.41. The van der Waals surface area contributed by atoms with Crippen LogP contribution in [-0.4, -0.2) is 33.2 Å². The van der Waals surface area contributed by atoms with E-state index in [1.54, 1.807) is 30.1 Å². The van der Waals surface area contributed by atoms with Gasteiger partial charge in [-0.25, -0.2) is 9.97 Å². The Kier molecular flexibility index (Phi) is 5.22. The molecule has 0 radical (unpaired) electrons. The Morgan fingerprint density at radius 1 is 1.25 bits per heavy atom. The van der Waals surface area contributed by atoms with E-state index in [0.29, 0.717) is 23.9 Å². The fourth-order valence-electron chi connectivity index (χ4n) is 2.04. The van der Waals surface area contributed by atoms with E-state index in [9.17, 15) is 4.79 Å². The number of carbonyl (C=O) groups excluding carboxylic acids is 1. The number of aromatic nitrogens is 3. The highest BCUT2D eigenvalue weighted by Gasteiger charge is 2.09. The van der Waals surface area contributed by atoms with Crippen LogP contribution in [0.25, 0.3) is 11.5 Å². The predicted molar refractivity (Wildman–Crippen MR) is 91.8 cm³/mol. The molecule has 1 amide bonds. The third-order valence-corrected chi connectivity index (χ3v) is 4.02. The van der Waals surface area contributed by atoms with Crippen LogP contribution in [0.5, 0.6) is 0 Å². The SMILES string of the molecule is Cc1cc(SCCNC(=O)c2ccco2)nc(-c2ccccn2)n1. The van der Waals surface area contributed by atoms with Gasteiger partial charge >= 0.3 is 0 Å². The lowest BCUT2D eigenvalue weighted by Gasteiger charge is -2.06. The summed E-state index contributed by atoms with van der Waals surface area (Å²) < 4.78 is 5.04. The van der Waals surface area contributed by atoms with E-state index >= 15 is 0 Å². The lowest BCUT2D eigenvalue weighted by Crippen LogP contribution is -2.25. The van der Waals surface area contributed by atoms with E-state index in [4.69, 9.17) is 4.42 Å². The van der Waals surface area contributed by atoms with Crippen LogP contribution in [-0.2, 0) is 0 Å². The maximum absolute atomic E-state index is 11.8. The molecule has 0 aliphatic rings. The van der Waals surface area contributed by atoms with Gasteiger partial charge in [-0.05, 0) is 37.3 Å². The second-order valence-electron chi connectivity index (χ2n) is 4.97. The first-order chi connectivity index (χ1) is 11.7. The van der Waals surface area contributed by atoms with Crippen molar-refractivity contribution >= 4 is 17.7 Å². The van der Waals surface area contributed by atoms with Gasteiger partial charge in [-0.15, -0.1) is 11.8 Å². The Bertz CT molecular complexity index is 807. The fraction of sp³-hybridized carbons (Fsp3) is 0.176. The molecule has 0 spiro atoms. The zero-order chi connectivity index (χ0) is 16.8.